The standard InChI is InChI=1S/C21H27ClN6O4/c1-2-27(13-14-32-21(29)9-11-24-12-10-23)17-5-3-16(4-6-17)25-26-20-8-7-18(28(30)31)15-19(20)22/h3-8,15,24H,2,9-14,23H2,1H3/b26-25+. The summed E-state index contributed by atoms with van der Waals surface area (Å²) in [5.41, 5.74) is 7.19. The van der Waals surface area contributed by atoms with E-state index in [2.05, 4.69) is 20.4 Å². The molecule has 0 aromatic heterocycles. The van der Waals surface area contributed by atoms with Gasteiger partial charge >= 0.3 is 5.97 Å². The molecule has 0 aliphatic rings. The molecule has 2 rings (SSSR count). The molecule has 0 radical (unpaired) electrons. The number of nitrogens with one attached hydrogen (secondary N) is 1. The second-order valence-electron chi connectivity index (χ2n) is 6.70. The van der Waals surface area contributed by atoms with Crippen molar-refractivity contribution in [2.45, 2.75) is 13.3 Å². The van der Waals surface area contributed by atoms with Gasteiger partial charge in [0.15, 0.2) is 0 Å². The maximum Gasteiger partial charge on any atom is 0.307 e. The number of carbonyl (C=O) groups is 1. The number of ether oxygens (including phenoxy) is 1. The third-order valence-corrected chi connectivity index (χ3v) is 4.77. The number of halogens is 1. The van der Waals surface area contributed by atoms with Gasteiger partial charge in [-0.05, 0) is 37.3 Å². The lowest BCUT2D eigenvalue weighted by Crippen LogP contribution is -2.29. The van der Waals surface area contributed by atoms with E-state index in [-0.39, 0.29) is 16.7 Å². The van der Waals surface area contributed by atoms with Gasteiger partial charge in [0.1, 0.15) is 12.3 Å². The number of hydrogen-bond acceptors (Lipinski definition) is 9. The summed E-state index contributed by atoms with van der Waals surface area (Å²) in [7, 11) is 0. The van der Waals surface area contributed by atoms with Gasteiger partial charge in [-0.15, -0.1) is 5.11 Å². The number of anilines is 1. The van der Waals surface area contributed by atoms with Crippen molar-refractivity contribution in [2.75, 3.05) is 44.2 Å². The Hall–Kier alpha value is -3.08. The molecule has 0 amide bonds. The summed E-state index contributed by atoms with van der Waals surface area (Å²) >= 11 is 6.03. The number of hydrogen-bond donors (Lipinski definition) is 2. The quantitative estimate of drug-likeness (QED) is 0.151. The third-order valence-electron chi connectivity index (χ3n) is 4.46. The fourth-order valence-electron chi connectivity index (χ4n) is 2.76. The monoisotopic (exact) mass is 462 g/mol. The van der Waals surface area contributed by atoms with E-state index in [0.717, 1.165) is 12.2 Å². The fraction of sp³-hybridized carbons (Fsp3) is 0.381. The molecule has 2 aromatic rings. The lowest BCUT2D eigenvalue weighted by molar-refractivity contribution is -0.384. The van der Waals surface area contributed by atoms with Crippen molar-refractivity contribution in [2.24, 2.45) is 16.0 Å². The van der Waals surface area contributed by atoms with Crippen molar-refractivity contribution >= 4 is 40.3 Å². The highest BCUT2D eigenvalue weighted by atomic mass is 35.5. The maximum atomic E-state index is 11.7. The van der Waals surface area contributed by atoms with Crippen molar-refractivity contribution in [3.63, 3.8) is 0 Å². The highest BCUT2D eigenvalue weighted by molar-refractivity contribution is 6.33. The van der Waals surface area contributed by atoms with Crippen molar-refractivity contribution in [3.8, 4) is 0 Å². The van der Waals surface area contributed by atoms with Gasteiger partial charge in [0.05, 0.1) is 28.6 Å². The van der Waals surface area contributed by atoms with Crippen molar-refractivity contribution in [1.82, 2.24) is 5.32 Å². The van der Waals surface area contributed by atoms with Gasteiger partial charge in [-0.2, -0.15) is 5.11 Å². The van der Waals surface area contributed by atoms with Crippen LogP contribution in [0.5, 0.6) is 0 Å². The first kappa shape index (κ1) is 25.2. The highest BCUT2D eigenvalue weighted by Gasteiger charge is 2.10. The van der Waals surface area contributed by atoms with E-state index in [0.29, 0.717) is 50.6 Å². The number of nitro groups is 1. The van der Waals surface area contributed by atoms with Crippen LogP contribution in [-0.4, -0.2) is 50.2 Å². The van der Waals surface area contributed by atoms with Crippen LogP contribution in [0.15, 0.2) is 52.7 Å². The second kappa shape index (κ2) is 13.4. The predicted molar refractivity (Wildman–Crippen MR) is 124 cm³/mol. The Morgan fingerprint density at radius 3 is 2.59 bits per heavy atom. The van der Waals surface area contributed by atoms with Gasteiger partial charge in [-0.3, -0.25) is 14.9 Å². The number of nitrogens with zero attached hydrogens (tertiary/aromatic N) is 4. The molecular weight excluding hydrogens is 436 g/mol. The van der Waals surface area contributed by atoms with E-state index < -0.39 is 4.92 Å². The number of azo groups is 1. The summed E-state index contributed by atoms with van der Waals surface area (Å²) in [4.78, 5) is 24.1. The zero-order chi connectivity index (χ0) is 23.3. The Labute approximate surface area is 191 Å². The van der Waals surface area contributed by atoms with Crippen LogP contribution in [0.1, 0.15) is 13.3 Å². The van der Waals surface area contributed by atoms with Crippen LogP contribution in [0.25, 0.3) is 0 Å². The van der Waals surface area contributed by atoms with Gasteiger partial charge in [-0.25, -0.2) is 0 Å². The molecule has 2 aromatic carbocycles. The van der Waals surface area contributed by atoms with Crippen molar-refractivity contribution in [3.05, 3.63) is 57.6 Å². The first-order valence-electron chi connectivity index (χ1n) is 10.2. The van der Waals surface area contributed by atoms with Crippen LogP contribution in [0.2, 0.25) is 5.02 Å². The summed E-state index contributed by atoms with van der Waals surface area (Å²) in [6.45, 7) is 5.38. The molecule has 0 bridgehead atoms. The van der Waals surface area contributed by atoms with Crippen LogP contribution in [-0.2, 0) is 9.53 Å². The molecule has 11 heteroatoms. The van der Waals surface area contributed by atoms with Crippen LogP contribution < -0.4 is 16.0 Å². The van der Waals surface area contributed by atoms with E-state index in [9.17, 15) is 14.9 Å². The Morgan fingerprint density at radius 1 is 1.22 bits per heavy atom. The summed E-state index contributed by atoms with van der Waals surface area (Å²) in [6.07, 6.45) is 0.310. The highest BCUT2D eigenvalue weighted by Crippen LogP contribution is 2.30. The smallest absolute Gasteiger partial charge is 0.307 e. The Morgan fingerprint density at radius 2 is 1.97 bits per heavy atom. The average Bonchev–Trinajstić information content (AvgIpc) is 2.79. The molecule has 0 saturated carbocycles. The first-order valence-corrected chi connectivity index (χ1v) is 10.6. The molecule has 0 spiro atoms. The number of benzene rings is 2. The molecule has 0 aliphatic carbocycles. The number of carbonyl (C=O) groups excluding carboxylic acids is 1. The largest absolute Gasteiger partial charge is 0.464 e. The molecular formula is C21H27ClN6O4. The van der Waals surface area contributed by atoms with E-state index in [1.165, 1.54) is 18.2 Å². The molecule has 3 N–H and O–H groups in total. The molecule has 32 heavy (non-hydrogen) atoms. The van der Waals surface area contributed by atoms with Gasteiger partial charge in [0.25, 0.3) is 5.69 Å². The van der Waals surface area contributed by atoms with Gasteiger partial charge in [-0.1, -0.05) is 11.6 Å². The molecule has 172 valence electrons. The van der Waals surface area contributed by atoms with E-state index in [1.807, 2.05) is 19.1 Å². The fourth-order valence-corrected chi connectivity index (χ4v) is 2.97. The summed E-state index contributed by atoms with van der Waals surface area (Å²) in [5, 5.41) is 22.2. The number of non-ortho nitro benzene ring substituents is 1. The number of esters is 1. The zero-order valence-electron chi connectivity index (χ0n) is 17.9. The summed E-state index contributed by atoms with van der Waals surface area (Å²) < 4.78 is 5.28. The van der Waals surface area contributed by atoms with Gasteiger partial charge in [0, 0.05) is 44.0 Å². The maximum absolute atomic E-state index is 11.7. The number of nitrogens with two attached hydrogens (primary N) is 1. The van der Waals surface area contributed by atoms with E-state index >= 15 is 0 Å². The summed E-state index contributed by atoms with van der Waals surface area (Å²) in [5.74, 6) is -0.244. The minimum atomic E-state index is -0.521. The van der Waals surface area contributed by atoms with Crippen LogP contribution in [0, 0.1) is 10.1 Å². The predicted octanol–water partition coefficient (Wildman–Crippen LogP) is 3.97. The molecule has 0 unspecified atom stereocenters. The molecule has 0 atom stereocenters. The van der Waals surface area contributed by atoms with Crippen LogP contribution in [0.4, 0.5) is 22.7 Å². The van der Waals surface area contributed by atoms with Crippen molar-refractivity contribution < 1.29 is 14.5 Å². The zero-order valence-corrected chi connectivity index (χ0v) is 18.6. The van der Waals surface area contributed by atoms with Crippen molar-refractivity contribution in [1.29, 1.82) is 0 Å². The third kappa shape index (κ3) is 8.22. The lowest BCUT2D eigenvalue weighted by atomic mass is 10.2. The van der Waals surface area contributed by atoms with E-state index in [4.69, 9.17) is 22.1 Å². The second-order valence-corrected chi connectivity index (χ2v) is 7.11. The van der Waals surface area contributed by atoms with Gasteiger partial charge < -0.3 is 20.7 Å². The SMILES string of the molecule is CCN(CCOC(=O)CCNCCN)c1ccc(/N=N/c2ccc([N+](=O)[O-])cc2Cl)cc1. The molecule has 10 nitrogen and oxygen atoms in total. The number of likely N-dealkylation sites (N-methyl/N-ethyl adjacent to an activating group) is 1. The van der Waals surface area contributed by atoms with Crippen LogP contribution >= 0.6 is 11.6 Å². The first-order chi connectivity index (χ1) is 15.4. The molecule has 0 heterocycles. The Bertz CT molecular complexity index is 923. The minimum Gasteiger partial charge on any atom is -0.464 e. The molecule has 0 fully saturated rings. The lowest BCUT2D eigenvalue weighted by Gasteiger charge is -2.23. The normalized spacial score (nSPS) is 11.0. The minimum absolute atomic E-state index is 0.105. The van der Waals surface area contributed by atoms with E-state index in [1.54, 1.807) is 12.1 Å². The Balaban J connectivity index is 1.88. The van der Waals surface area contributed by atoms with Gasteiger partial charge in [0.2, 0.25) is 0 Å². The summed E-state index contributed by atoms with van der Waals surface area (Å²) in [6, 6.07) is 11.4. The molecule has 0 saturated heterocycles. The Kier molecular flexibility index (Phi) is 10.5. The molecule has 0 aliphatic heterocycles. The number of rotatable bonds is 13. The van der Waals surface area contributed by atoms with Crippen LogP contribution in [0.3, 0.4) is 0 Å². The topological polar surface area (TPSA) is 135 Å². The average molecular weight is 463 g/mol. The number of nitro benzene ring substituents is 1.